The third kappa shape index (κ3) is 136. The molecule has 0 aliphatic carbocycles. The predicted octanol–water partition coefficient (Wildman–Crippen LogP) is 1.83. The molecule has 0 bridgehead atoms. The van der Waals surface area contributed by atoms with Crippen LogP contribution in [0.2, 0.25) is 0 Å². The van der Waals surface area contributed by atoms with E-state index >= 15 is 0 Å². The molecule has 0 fully saturated rings. The first kappa shape index (κ1) is 30.2. The molecular formula is C4H14CuN4O2-4. The molecule has 0 aromatic heterocycles. The Morgan fingerprint density at radius 2 is 0.636 bits per heavy atom. The molecule has 6 nitrogen and oxygen atoms in total. The Bertz CT molecular complexity index is 28.1. The second-order valence-corrected chi connectivity index (χ2v) is 1.000. The molecule has 0 aliphatic heterocycles. The summed E-state index contributed by atoms with van der Waals surface area (Å²) in [7, 11) is 0. The van der Waals surface area contributed by atoms with Crippen LogP contribution in [0.4, 0.5) is 0 Å². The van der Waals surface area contributed by atoms with E-state index in [1.165, 1.54) is 0 Å². The topological polar surface area (TPSA) is 155 Å². The summed E-state index contributed by atoms with van der Waals surface area (Å²) in [5, 5.41) is 0. The molecule has 0 spiro atoms. The van der Waals surface area contributed by atoms with Crippen LogP contribution in [-0.2, 0) is 17.1 Å². The van der Waals surface area contributed by atoms with Crippen molar-refractivity contribution in [2.24, 2.45) is 0 Å². The van der Waals surface area contributed by atoms with Crippen LogP contribution in [-0.4, -0.2) is 37.1 Å². The molecule has 0 saturated heterocycles. The third-order valence-electron chi connectivity index (χ3n) is 0.250. The summed E-state index contributed by atoms with van der Waals surface area (Å²) in [6.45, 7) is 0.944. The van der Waals surface area contributed by atoms with Gasteiger partial charge in [-0.15, -0.1) is 0 Å². The van der Waals surface area contributed by atoms with E-state index in [0.29, 0.717) is 0 Å². The Morgan fingerprint density at radius 3 is 0.636 bits per heavy atom. The maximum Gasteiger partial charge on any atom is 2.00 e. The summed E-state index contributed by atoms with van der Waals surface area (Å²) in [5.41, 5.74) is 25.1. The SMILES string of the molecule is [Cu+2].[NH-]CC[NH-].[NH-]CC[NH-].[OH-].[OH-]. The van der Waals surface area contributed by atoms with Gasteiger partial charge in [0.2, 0.25) is 0 Å². The minimum Gasteiger partial charge on any atom is -0.870 e. The van der Waals surface area contributed by atoms with Crippen LogP contribution >= 0.6 is 0 Å². The minimum absolute atomic E-state index is 0. The number of rotatable bonds is 2. The summed E-state index contributed by atoms with van der Waals surface area (Å²) in [6.07, 6.45) is 0. The van der Waals surface area contributed by atoms with Crippen LogP contribution in [0.3, 0.4) is 0 Å². The Labute approximate surface area is 77.8 Å². The first-order valence-electron chi connectivity index (χ1n) is 2.41. The van der Waals surface area contributed by atoms with Gasteiger partial charge in [-0.25, -0.2) is 0 Å². The van der Waals surface area contributed by atoms with E-state index < -0.39 is 0 Å². The zero-order chi connectivity index (χ0) is 6.83. The van der Waals surface area contributed by atoms with Gasteiger partial charge in [0.25, 0.3) is 0 Å². The maximum atomic E-state index is 6.26. The van der Waals surface area contributed by atoms with Crippen LogP contribution < -0.4 is 0 Å². The largest absolute Gasteiger partial charge is 2.00 e. The summed E-state index contributed by atoms with van der Waals surface area (Å²) in [4.78, 5) is 0. The number of nitrogens with one attached hydrogen (secondary N) is 4. The molecule has 0 aromatic rings. The van der Waals surface area contributed by atoms with E-state index in [2.05, 4.69) is 0 Å². The third-order valence-corrected chi connectivity index (χ3v) is 0.250. The first-order chi connectivity index (χ1) is 3.83. The smallest absolute Gasteiger partial charge is 0.870 e. The van der Waals surface area contributed by atoms with Gasteiger partial charge in [-0.3, -0.25) is 0 Å². The van der Waals surface area contributed by atoms with Crippen molar-refractivity contribution in [3.05, 3.63) is 22.9 Å². The van der Waals surface area contributed by atoms with Crippen molar-refractivity contribution in [3.8, 4) is 0 Å². The fourth-order valence-corrected chi connectivity index (χ4v) is 0. The Balaban J connectivity index is -0.0000000171. The standard InChI is InChI=1S/2C2H6N2.Cu.2H2O/c2*3-1-2-4;;;/h2*3-4H,1-2H2;;2*1H2/q2*-2;+2;;/p-2. The van der Waals surface area contributed by atoms with Gasteiger partial charge < -0.3 is 33.9 Å². The van der Waals surface area contributed by atoms with E-state index in [9.17, 15) is 0 Å². The van der Waals surface area contributed by atoms with Crippen LogP contribution in [0.15, 0.2) is 0 Å². The number of hydrogen-bond donors (Lipinski definition) is 0. The molecule has 6 N–H and O–H groups in total. The fraction of sp³-hybridized carbons (Fsp3) is 1.00. The second-order valence-electron chi connectivity index (χ2n) is 1.000. The van der Waals surface area contributed by atoms with E-state index in [0.717, 1.165) is 0 Å². The summed E-state index contributed by atoms with van der Waals surface area (Å²) in [5.74, 6) is 0. The average molecular weight is 214 g/mol. The van der Waals surface area contributed by atoms with Crippen LogP contribution in [0, 0.1) is 0 Å². The first-order valence-corrected chi connectivity index (χ1v) is 2.41. The molecule has 0 amide bonds. The molecule has 0 atom stereocenters. The van der Waals surface area contributed by atoms with Gasteiger partial charge in [0.1, 0.15) is 0 Å². The Hall–Kier alpha value is 0.279. The molecule has 0 heterocycles. The molecule has 11 heavy (non-hydrogen) atoms. The van der Waals surface area contributed by atoms with Gasteiger partial charge in [-0.05, 0) is 0 Å². The van der Waals surface area contributed by atoms with Gasteiger partial charge in [0.05, 0.1) is 0 Å². The van der Waals surface area contributed by atoms with Crippen molar-refractivity contribution < 1.29 is 28.0 Å². The van der Waals surface area contributed by atoms with Gasteiger partial charge in [0, 0.05) is 0 Å². The summed E-state index contributed by atoms with van der Waals surface area (Å²) >= 11 is 0. The van der Waals surface area contributed by atoms with Gasteiger partial charge in [-0.1, -0.05) is 0 Å². The summed E-state index contributed by atoms with van der Waals surface area (Å²) < 4.78 is 0. The number of hydrogen-bond acceptors (Lipinski definition) is 2. The molecule has 1 radical (unpaired) electrons. The molecule has 0 unspecified atom stereocenters. The Morgan fingerprint density at radius 1 is 0.545 bits per heavy atom. The van der Waals surface area contributed by atoms with Gasteiger partial charge >= 0.3 is 17.1 Å². The predicted molar refractivity (Wildman–Crippen MR) is 40.6 cm³/mol. The zero-order valence-electron chi connectivity index (χ0n) is 6.02. The van der Waals surface area contributed by atoms with Crippen molar-refractivity contribution in [3.63, 3.8) is 0 Å². The normalized spacial score (nSPS) is 5.45. The van der Waals surface area contributed by atoms with Gasteiger partial charge in [-0.2, -0.15) is 26.2 Å². The van der Waals surface area contributed by atoms with Crippen LogP contribution in [0.5, 0.6) is 0 Å². The van der Waals surface area contributed by atoms with Crippen molar-refractivity contribution in [1.29, 1.82) is 0 Å². The zero-order valence-corrected chi connectivity index (χ0v) is 6.97. The molecular weight excluding hydrogens is 200 g/mol. The van der Waals surface area contributed by atoms with Crippen LogP contribution in [0.25, 0.3) is 22.9 Å². The fourth-order valence-electron chi connectivity index (χ4n) is 0. The van der Waals surface area contributed by atoms with Crippen LogP contribution in [0.1, 0.15) is 0 Å². The second kappa shape index (κ2) is 48.3. The quantitative estimate of drug-likeness (QED) is 0.642. The summed E-state index contributed by atoms with van der Waals surface area (Å²) in [6, 6.07) is 0. The molecule has 0 rings (SSSR count). The molecule has 77 valence electrons. The molecule has 0 aliphatic rings. The average Bonchev–Trinajstić information content (AvgIpc) is 1.88. The van der Waals surface area contributed by atoms with E-state index in [4.69, 9.17) is 22.9 Å². The van der Waals surface area contributed by atoms with Gasteiger partial charge in [0.15, 0.2) is 0 Å². The Kier molecular flexibility index (Phi) is 133. The van der Waals surface area contributed by atoms with E-state index in [-0.39, 0.29) is 54.2 Å². The molecule has 0 saturated carbocycles. The minimum atomic E-state index is 0. The van der Waals surface area contributed by atoms with Crippen molar-refractivity contribution >= 4 is 0 Å². The maximum absolute atomic E-state index is 6.26. The van der Waals surface area contributed by atoms with E-state index in [1.54, 1.807) is 0 Å². The monoisotopic (exact) mass is 213 g/mol. The van der Waals surface area contributed by atoms with Crippen molar-refractivity contribution in [2.45, 2.75) is 0 Å². The van der Waals surface area contributed by atoms with E-state index in [1.807, 2.05) is 0 Å². The molecule has 7 heteroatoms. The molecule has 0 aromatic carbocycles. The van der Waals surface area contributed by atoms with Crippen molar-refractivity contribution in [2.75, 3.05) is 26.2 Å². The van der Waals surface area contributed by atoms with Crippen molar-refractivity contribution in [1.82, 2.24) is 0 Å².